The molecule has 0 fully saturated rings. The number of H-pyrrole nitrogens is 2. The zero-order valence-corrected chi connectivity index (χ0v) is 11.8. The summed E-state index contributed by atoms with van der Waals surface area (Å²) in [6.07, 6.45) is 2.84. The van der Waals surface area contributed by atoms with Gasteiger partial charge in [0.25, 0.3) is 0 Å². The Morgan fingerprint density at radius 2 is 2.27 bits per heavy atom. The average Bonchev–Trinajstić information content (AvgIpc) is 3.09. The number of aromatic hydroxyl groups is 1. The second-order valence-corrected chi connectivity index (χ2v) is 4.54. The first-order chi connectivity index (χ1) is 10.7. The number of carbonyl (C=O) groups is 1. The van der Waals surface area contributed by atoms with Crippen LogP contribution in [0.1, 0.15) is 22.8 Å². The van der Waals surface area contributed by atoms with E-state index in [9.17, 15) is 9.90 Å². The maximum atomic E-state index is 11.8. The highest BCUT2D eigenvalue weighted by molar-refractivity contribution is 6.03. The molecular weight excluding hydrogens is 284 g/mol. The Labute approximate surface area is 125 Å². The predicted molar refractivity (Wildman–Crippen MR) is 81.8 cm³/mol. The number of nitrogens with zero attached hydrogens (tertiary/aromatic N) is 2. The topological polar surface area (TPSA) is 103 Å². The van der Waals surface area contributed by atoms with Gasteiger partial charge in [-0.3, -0.25) is 5.10 Å². The van der Waals surface area contributed by atoms with E-state index in [1.54, 1.807) is 6.92 Å². The van der Waals surface area contributed by atoms with Gasteiger partial charge in [0.15, 0.2) is 11.7 Å². The lowest BCUT2D eigenvalue weighted by molar-refractivity contribution is 0.0527. The van der Waals surface area contributed by atoms with E-state index in [2.05, 4.69) is 20.2 Å². The summed E-state index contributed by atoms with van der Waals surface area (Å²) in [5.74, 6) is -0.197. The van der Waals surface area contributed by atoms with Crippen LogP contribution in [0.25, 0.3) is 10.9 Å². The quantitative estimate of drug-likeness (QED) is 0.508. The maximum Gasteiger partial charge on any atom is 0.343 e. The first kappa shape index (κ1) is 13.9. The van der Waals surface area contributed by atoms with Gasteiger partial charge < -0.3 is 14.8 Å². The molecule has 0 saturated carbocycles. The summed E-state index contributed by atoms with van der Waals surface area (Å²) >= 11 is 0. The Kier molecular flexibility index (Phi) is 3.61. The third-order valence-electron chi connectivity index (χ3n) is 3.16. The summed E-state index contributed by atoms with van der Waals surface area (Å²) in [4.78, 5) is 18.8. The van der Waals surface area contributed by atoms with Gasteiger partial charge >= 0.3 is 5.97 Å². The molecular formula is C15H14N4O3. The number of aliphatic imine (C=N–C) groups is 1. The fourth-order valence-corrected chi connectivity index (χ4v) is 2.15. The molecule has 0 spiro atoms. The Morgan fingerprint density at radius 1 is 1.45 bits per heavy atom. The molecule has 7 nitrogen and oxygen atoms in total. The lowest BCUT2D eigenvalue weighted by Crippen LogP contribution is -2.03. The molecule has 0 amide bonds. The van der Waals surface area contributed by atoms with Gasteiger partial charge in [0.2, 0.25) is 0 Å². The van der Waals surface area contributed by atoms with Gasteiger partial charge in [-0.25, -0.2) is 9.79 Å². The molecule has 22 heavy (non-hydrogen) atoms. The van der Waals surface area contributed by atoms with Gasteiger partial charge in [0, 0.05) is 17.1 Å². The van der Waals surface area contributed by atoms with Crippen LogP contribution in [0.4, 0.5) is 5.82 Å². The number of ether oxygens (including phenoxy) is 1. The summed E-state index contributed by atoms with van der Waals surface area (Å²) in [6, 6.07) is 7.46. The number of hydrogen-bond acceptors (Lipinski definition) is 5. The first-order valence-electron chi connectivity index (χ1n) is 6.75. The van der Waals surface area contributed by atoms with Crippen molar-refractivity contribution in [2.75, 3.05) is 6.61 Å². The molecule has 0 unspecified atom stereocenters. The normalized spacial score (nSPS) is 11.3. The van der Waals surface area contributed by atoms with Crippen LogP contribution in [-0.2, 0) is 4.74 Å². The smallest absolute Gasteiger partial charge is 0.343 e. The number of nitrogens with one attached hydrogen (secondary N) is 2. The molecule has 0 aliphatic rings. The van der Waals surface area contributed by atoms with Crippen LogP contribution in [0, 0.1) is 0 Å². The van der Waals surface area contributed by atoms with Gasteiger partial charge in [0.05, 0.1) is 18.4 Å². The Balaban J connectivity index is 1.96. The third-order valence-corrected chi connectivity index (χ3v) is 3.16. The van der Waals surface area contributed by atoms with Gasteiger partial charge in [0.1, 0.15) is 5.56 Å². The molecule has 0 atom stereocenters. The standard InChI is InChI=1S/C15H14N4O3/c1-2-22-15(21)11-8-17-19-13(11)16-7-10-9-5-3-4-6-12(9)18-14(10)20/h3-8,18,20H,2H2,1H3,(H,17,19)/b16-7+. The molecule has 3 rings (SSSR count). The average molecular weight is 298 g/mol. The fourth-order valence-electron chi connectivity index (χ4n) is 2.15. The van der Waals surface area contributed by atoms with Gasteiger partial charge in [-0.05, 0) is 13.0 Å². The minimum Gasteiger partial charge on any atom is -0.494 e. The lowest BCUT2D eigenvalue weighted by Gasteiger charge is -1.99. The summed E-state index contributed by atoms with van der Waals surface area (Å²) in [7, 11) is 0. The van der Waals surface area contributed by atoms with Crippen molar-refractivity contribution >= 4 is 28.9 Å². The molecule has 0 radical (unpaired) electrons. The van der Waals surface area contributed by atoms with Gasteiger partial charge in [-0.1, -0.05) is 18.2 Å². The van der Waals surface area contributed by atoms with Crippen LogP contribution >= 0.6 is 0 Å². The van der Waals surface area contributed by atoms with Crippen molar-refractivity contribution in [1.29, 1.82) is 0 Å². The lowest BCUT2D eigenvalue weighted by atomic mass is 10.2. The molecule has 1 aromatic carbocycles. The Bertz CT molecular complexity index is 847. The monoisotopic (exact) mass is 298 g/mol. The minimum absolute atomic E-state index is 0.0159. The van der Waals surface area contributed by atoms with E-state index in [1.165, 1.54) is 12.4 Å². The first-order valence-corrected chi connectivity index (χ1v) is 6.75. The fraction of sp³-hybridized carbons (Fsp3) is 0.133. The van der Waals surface area contributed by atoms with Crippen molar-refractivity contribution in [3.8, 4) is 5.88 Å². The molecule has 3 N–H and O–H groups in total. The minimum atomic E-state index is -0.494. The summed E-state index contributed by atoms with van der Waals surface area (Å²) in [5.41, 5.74) is 1.59. The van der Waals surface area contributed by atoms with Crippen LogP contribution in [0.2, 0.25) is 0 Å². The zero-order chi connectivity index (χ0) is 15.5. The number of aromatic nitrogens is 3. The second kappa shape index (κ2) is 5.72. The number of carbonyl (C=O) groups excluding carboxylic acids is 1. The summed E-state index contributed by atoms with van der Waals surface area (Å²) < 4.78 is 4.93. The number of fused-ring (bicyclic) bond motifs is 1. The predicted octanol–water partition coefficient (Wildman–Crippen LogP) is 2.52. The number of rotatable bonds is 4. The van der Waals surface area contributed by atoms with Crippen LogP contribution in [0.15, 0.2) is 35.5 Å². The van der Waals surface area contributed by atoms with Gasteiger partial charge in [-0.15, -0.1) is 0 Å². The number of hydrogen-bond donors (Lipinski definition) is 3. The van der Waals surface area contributed by atoms with Crippen molar-refractivity contribution < 1.29 is 14.6 Å². The highest BCUT2D eigenvalue weighted by Crippen LogP contribution is 2.26. The van der Waals surface area contributed by atoms with E-state index < -0.39 is 5.97 Å². The number of para-hydroxylation sites is 1. The van der Waals surface area contributed by atoms with Crippen molar-refractivity contribution in [3.63, 3.8) is 0 Å². The number of benzene rings is 1. The molecule has 0 aliphatic heterocycles. The molecule has 2 heterocycles. The van der Waals surface area contributed by atoms with E-state index in [0.29, 0.717) is 5.56 Å². The Hall–Kier alpha value is -3.09. The largest absolute Gasteiger partial charge is 0.494 e. The molecule has 0 saturated heterocycles. The molecule has 0 aliphatic carbocycles. The Morgan fingerprint density at radius 3 is 3.09 bits per heavy atom. The SMILES string of the molecule is CCOC(=O)c1cn[nH]c1/N=C/c1c(O)[nH]c2ccccc12. The maximum absolute atomic E-state index is 11.8. The van der Waals surface area contributed by atoms with Crippen molar-refractivity contribution in [1.82, 2.24) is 15.2 Å². The van der Waals surface area contributed by atoms with Crippen molar-refractivity contribution in [3.05, 3.63) is 41.6 Å². The molecule has 2 aromatic heterocycles. The zero-order valence-electron chi connectivity index (χ0n) is 11.8. The van der Waals surface area contributed by atoms with Crippen molar-refractivity contribution in [2.24, 2.45) is 4.99 Å². The van der Waals surface area contributed by atoms with Crippen LogP contribution in [0.3, 0.4) is 0 Å². The number of aromatic amines is 2. The van der Waals surface area contributed by atoms with E-state index in [0.717, 1.165) is 10.9 Å². The summed E-state index contributed by atoms with van der Waals surface area (Å²) in [5, 5.41) is 17.2. The van der Waals surface area contributed by atoms with E-state index in [4.69, 9.17) is 4.74 Å². The van der Waals surface area contributed by atoms with Crippen LogP contribution in [0.5, 0.6) is 5.88 Å². The summed E-state index contributed by atoms with van der Waals surface area (Å²) in [6.45, 7) is 2.00. The van der Waals surface area contributed by atoms with Crippen molar-refractivity contribution in [2.45, 2.75) is 6.92 Å². The van der Waals surface area contributed by atoms with Gasteiger partial charge in [-0.2, -0.15) is 5.10 Å². The molecule has 112 valence electrons. The highest BCUT2D eigenvalue weighted by Gasteiger charge is 2.14. The highest BCUT2D eigenvalue weighted by atomic mass is 16.5. The van der Waals surface area contributed by atoms with E-state index in [1.807, 2.05) is 24.3 Å². The molecule has 3 aromatic rings. The molecule has 7 heteroatoms. The third kappa shape index (κ3) is 2.44. The van der Waals surface area contributed by atoms with E-state index in [-0.39, 0.29) is 23.9 Å². The van der Waals surface area contributed by atoms with E-state index >= 15 is 0 Å². The van der Waals surface area contributed by atoms with Crippen LogP contribution < -0.4 is 0 Å². The second-order valence-electron chi connectivity index (χ2n) is 4.54. The molecule has 0 bridgehead atoms. The number of esters is 1. The van der Waals surface area contributed by atoms with Crippen LogP contribution in [-0.4, -0.2) is 39.1 Å².